The molecule has 29 heavy (non-hydrogen) atoms. The molecule has 7 nitrogen and oxygen atoms in total. The number of anilines is 1. The molecule has 1 aliphatic rings. The maximum absolute atomic E-state index is 13.4. The number of nitrogens with one attached hydrogen (secondary N) is 2. The Labute approximate surface area is 165 Å². The minimum Gasteiger partial charge on any atom is -0.347 e. The maximum atomic E-state index is 13.4. The molecule has 0 radical (unpaired) electrons. The predicted molar refractivity (Wildman–Crippen MR) is 99.8 cm³/mol. The van der Waals surface area contributed by atoms with Gasteiger partial charge in [-0.05, 0) is 27.7 Å². The van der Waals surface area contributed by atoms with Gasteiger partial charge in [0.25, 0.3) is 5.91 Å². The number of aromatic nitrogens is 2. The molecule has 0 aliphatic carbocycles. The molecule has 156 valence electrons. The third kappa shape index (κ3) is 4.36. The highest BCUT2D eigenvalue weighted by atomic mass is 19.2. The van der Waals surface area contributed by atoms with Crippen molar-refractivity contribution in [1.82, 2.24) is 20.0 Å². The van der Waals surface area contributed by atoms with E-state index < -0.39 is 29.0 Å². The van der Waals surface area contributed by atoms with Gasteiger partial charge in [0, 0.05) is 23.4 Å². The van der Waals surface area contributed by atoms with Crippen molar-refractivity contribution in [1.29, 1.82) is 0 Å². The van der Waals surface area contributed by atoms with Gasteiger partial charge in [-0.2, -0.15) is 5.10 Å². The second kappa shape index (κ2) is 7.41. The molecule has 2 aromatic rings. The van der Waals surface area contributed by atoms with Gasteiger partial charge >= 0.3 is 6.03 Å². The lowest BCUT2D eigenvalue weighted by atomic mass is 10.1. The van der Waals surface area contributed by atoms with Crippen LogP contribution in [0, 0.1) is 17.5 Å². The van der Waals surface area contributed by atoms with Crippen LogP contribution in [0.25, 0.3) is 0 Å². The average Bonchev–Trinajstić information content (AvgIpc) is 3.00. The second-order valence-corrected chi connectivity index (χ2v) is 8.05. The average molecular weight is 409 g/mol. The van der Waals surface area contributed by atoms with E-state index in [2.05, 4.69) is 15.7 Å². The normalized spacial score (nSPS) is 16.4. The van der Waals surface area contributed by atoms with Gasteiger partial charge in [-0.25, -0.2) is 18.0 Å². The van der Waals surface area contributed by atoms with E-state index in [1.54, 1.807) is 11.6 Å². The summed E-state index contributed by atoms with van der Waals surface area (Å²) < 4.78 is 41.6. The van der Waals surface area contributed by atoms with Crippen molar-refractivity contribution >= 4 is 17.6 Å². The fourth-order valence-corrected chi connectivity index (χ4v) is 3.09. The van der Waals surface area contributed by atoms with Crippen LogP contribution < -0.4 is 10.6 Å². The van der Waals surface area contributed by atoms with Crippen LogP contribution in [0.4, 0.5) is 23.7 Å². The molecule has 3 rings (SSSR count). The summed E-state index contributed by atoms with van der Waals surface area (Å²) in [5, 5.41) is 9.45. The molecule has 0 spiro atoms. The summed E-state index contributed by atoms with van der Waals surface area (Å²) in [5.41, 5.74) is 0.255. The largest absolute Gasteiger partial charge is 0.347 e. The fourth-order valence-electron chi connectivity index (χ4n) is 3.09. The lowest BCUT2D eigenvalue weighted by molar-refractivity contribution is 0.0914. The fraction of sp³-hybridized carbons (Fsp3) is 0.421. The highest BCUT2D eigenvalue weighted by Gasteiger charge is 2.32. The van der Waals surface area contributed by atoms with Gasteiger partial charge in [-0.3, -0.25) is 9.48 Å². The summed E-state index contributed by atoms with van der Waals surface area (Å²) in [4.78, 5) is 26.6. The van der Waals surface area contributed by atoms with E-state index in [-0.39, 0.29) is 24.2 Å². The van der Waals surface area contributed by atoms with Crippen LogP contribution in [0.15, 0.2) is 18.3 Å². The van der Waals surface area contributed by atoms with Gasteiger partial charge < -0.3 is 15.5 Å². The highest BCUT2D eigenvalue weighted by molar-refractivity contribution is 5.96. The summed E-state index contributed by atoms with van der Waals surface area (Å²) >= 11 is 0. The SMILES string of the molecule is C[C@H]1Cn2ncc(C(=O)NC(C)(C)C)c2CN1C(=O)Nc1cc(F)c(F)c(F)c1. The Bertz CT molecular complexity index is 944. The zero-order chi connectivity index (χ0) is 21.5. The zero-order valence-electron chi connectivity index (χ0n) is 16.5. The molecule has 2 N–H and O–H groups in total. The molecule has 1 aromatic heterocycles. The van der Waals surface area contributed by atoms with E-state index >= 15 is 0 Å². The van der Waals surface area contributed by atoms with Gasteiger partial charge in [-0.1, -0.05) is 0 Å². The van der Waals surface area contributed by atoms with Crippen molar-refractivity contribution in [2.24, 2.45) is 0 Å². The minimum absolute atomic E-state index is 0.0755. The Hall–Kier alpha value is -3.04. The standard InChI is InChI=1S/C19H22F3N5O2/c1-10-8-27-15(12(7-23-27)17(28)25-19(2,3)4)9-26(10)18(29)24-11-5-13(20)16(22)14(21)6-11/h5-7,10H,8-9H2,1-4H3,(H,24,29)(H,25,28)/t10-/m0/s1. The summed E-state index contributed by atoms with van der Waals surface area (Å²) in [6.07, 6.45) is 1.45. The van der Waals surface area contributed by atoms with E-state index in [0.29, 0.717) is 29.9 Å². The Kier molecular flexibility index (Phi) is 5.29. The molecule has 1 atom stereocenters. The van der Waals surface area contributed by atoms with Crippen molar-refractivity contribution in [3.05, 3.63) is 47.0 Å². The molecule has 0 saturated carbocycles. The first-order chi connectivity index (χ1) is 13.5. The van der Waals surface area contributed by atoms with Gasteiger partial charge in [0.15, 0.2) is 17.5 Å². The van der Waals surface area contributed by atoms with Crippen LogP contribution >= 0.6 is 0 Å². The lowest BCUT2D eigenvalue weighted by Gasteiger charge is -2.34. The molecule has 3 amide bonds. The Morgan fingerprint density at radius 3 is 2.38 bits per heavy atom. The van der Waals surface area contributed by atoms with Crippen molar-refractivity contribution in [2.45, 2.75) is 52.4 Å². The van der Waals surface area contributed by atoms with Crippen molar-refractivity contribution in [3.63, 3.8) is 0 Å². The number of halogens is 3. The number of fused-ring (bicyclic) bond motifs is 1. The van der Waals surface area contributed by atoms with Crippen LogP contribution in [-0.4, -0.2) is 38.2 Å². The minimum atomic E-state index is -1.60. The monoisotopic (exact) mass is 409 g/mol. The molecular formula is C19H22F3N5O2. The number of nitrogens with zero attached hydrogens (tertiary/aromatic N) is 3. The smallest absolute Gasteiger partial charge is 0.322 e. The van der Waals surface area contributed by atoms with Crippen molar-refractivity contribution in [3.8, 4) is 0 Å². The first-order valence-corrected chi connectivity index (χ1v) is 9.05. The molecule has 2 heterocycles. The number of urea groups is 1. The van der Waals surface area contributed by atoms with Crippen LogP contribution in [-0.2, 0) is 13.1 Å². The molecule has 0 bridgehead atoms. The number of hydrogen-bond donors (Lipinski definition) is 2. The van der Waals surface area contributed by atoms with Crippen molar-refractivity contribution < 1.29 is 22.8 Å². The number of carbonyl (C=O) groups excluding carboxylic acids is 2. The Morgan fingerprint density at radius 1 is 1.17 bits per heavy atom. The Balaban J connectivity index is 1.81. The van der Waals surface area contributed by atoms with E-state index in [9.17, 15) is 22.8 Å². The molecule has 0 unspecified atom stereocenters. The quantitative estimate of drug-likeness (QED) is 0.748. The number of rotatable bonds is 2. The first-order valence-electron chi connectivity index (χ1n) is 9.05. The number of amides is 3. The molecule has 10 heteroatoms. The van der Waals surface area contributed by atoms with Crippen LogP contribution in [0.3, 0.4) is 0 Å². The predicted octanol–water partition coefficient (Wildman–Crippen LogP) is 3.26. The highest BCUT2D eigenvalue weighted by Crippen LogP contribution is 2.23. The topological polar surface area (TPSA) is 79.3 Å². The van der Waals surface area contributed by atoms with Gasteiger partial charge in [-0.15, -0.1) is 0 Å². The summed E-state index contributed by atoms with van der Waals surface area (Å²) in [6, 6.07) is 0.489. The number of carbonyl (C=O) groups is 2. The third-order valence-electron chi connectivity index (χ3n) is 4.47. The first kappa shape index (κ1) is 20.7. The maximum Gasteiger partial charge on any atom is 0.322 e. The lowest BCUT2D eigenvalue weighted by Crippen LogP contribution is -2.47. The van der Waals surface area contributed by atoms with Crippen molar-refractivity contribution in [2.75, 3.05) is 5.32 Å². The van der Waals surface area contributed by atoms with Crippen LogP contribution in [0.1, 0.15) is 43.7 Å². The summed E-state index contributed by atoms with van der Waals surface area (Å²) in [5.74, 6) is -4.71. The van der Waals surface area contributed by atoms with E-state index in [1.165, 1.54) is 11.1 Å². The summed E-state index contributed by atoms with van der Waals surface area (Å²) in [6.45, 7) is 7.76. The second-order valence-electron chi connectivity index (χ2n) is 8.05. The van der Waals surface area contributed by atoms with Gasteiger partial charge in [0.1, 0.15) is 0 Å². The molecule has 0 saturated heterocycles. The van der Waals surface area contributed by atoms with E-state index in [0.717, 1.165) is 0 Å². The zero-order valence-corrected chi connectivity index (χ0v) is 16.5. The molecule has 0 fully saturated rings. The van der Waals surface area contributed by atoms with Crippen LogP contribution in [0.2, 0.25) is 0 Å². The molecule has 1 aliphatic heterocycles. The van der Waals surface area contributed by atoms with Gasteiger partial charge in [0.05, 0.1) is 36.6 Å². The molecular weight excluding hydrogens is 387 g/mol. The van der Waals surface area contributed by atoms with E-state index in [4.69, 9.17) is 0 Å². The summed E-state index contributed by atoms with van der Waals surface area (Å²) in [7, 11) is 0. The van der Waals surface area contributed by atoms with E-state index in [1.807, 2.05) is 20.8 Å². The molecule has 1 aromatic carbocycles. The number of hydrogen-bond acceptors (Lipinski definition) is 3. The van der Waals surface area contributed by atoms with Gasteiger partial charge in [0.2, 0.25) is 0 Å². The number of benzene rings is 1. The Morgan fingerprint density at radius 2 is 1.79 bits per heavy atom. The third-order valence-corrected chi connectivity index (χ3v) is 4.47. The van der Waals surface area contributed by atoms with Crippen LogP contribution in [0.5, 0.6) is 0 Å².